The first-order valence-corrected chi connectivity index (χ1v) is 24.2. The molecule has 1 fully saturated rings. The van der Waals surface area contributed by atoms with Crippen LogP contribution in [0.4, 0.5) is 0 Å². The smallest absolute Gasteiger partial charge is 0.399 e. The van der Waals surface area contributed by atoms with Gasteiger partial charge in [-0.05, 0) is 74.9 Å². The number of aromatic nitrogens is 4. The fraction of sp³-hybridized carbons (Fsp3) is 0.138. The molecule has 0 N–H and O–H groups in total. The van der Waals surface area contributed by atoms with Gasteiger partial charge in [-0.2, -0.15) is 0 Å². The SMILES string of the molecule is C.C.CC1(C)OB(c2cc3c4cccc5c6ccccc6n(c3s2)c54)OC1(C)C.Clc1nccc2ccccc12.c1ccc2c(-c3cc4c5cccc6c7ccccc7n(c4s3)c65)nccc2c1. The Balaban J connectivity index is 0.000000120. The molecule has 0 unspecified atom stereocenters. The van der Waals surface area contributed by atoms with E-state index in [9.17, 15) is 0 Å². The molecule has 6 aromatic carbocycles. The van der Waals surface area contributed by atoms with Gasteiger partial charge in [-0.1, -0.05) is 148 Å². The third-order valence-corrected chi connectivity index (χ3v) is 16.4. The van der Waals surface area contributed by atoms with Crippen molar-refractivity contribution in [1.29, 1.82) is 0 Å². The Morgan fingerprint density at radius 2 is 0.912 bits per heavy atom. The summed E-state index contributed by atoms with van der Waals surface area (Å²) >= 11 is 9.47. The Labute approximate surface area is 407 Å². The minimum atomic E-state index is -0.322. The van der Waals surface area contributed by atoms with Crippen LogP contribution in [0.1, 0.15) is 42.5 Å². The van der Waals surface area contributed by atoms with Crippen molar-refractivity contribution in [2.75, 3.05) is 0 Å². The number of thiophene rings is 2. The molecule has 9 heterocycles. The van der Waals surface area contributed by atoms with Crippen LogP contribution in [0, 0.1) is 0 Å². The lowest BCUT2D eigenvalue weighted by atomic mass is 9.87. The molecule has 0 radical (unpaired) electrons. The highest BCUT2D eigenvalue weighted by Crippen LogP contribution is 2.46. The third-order valence-electron chi connectivity index (χ3n) is 13.8. The maximum absolute atomic E-state index is 6.30. The van der Waals surface area contributed by atoms with Gasteiger partial charge in [-0.15, -0.1) is 22.7 Å². The van der Waals surface area contributed by atoms with Crippen LogP contribution in [0.5, 0.6) is 0 Å². The topological polar surface area (TPSA) is 53.1 Å². The van der Waals surface area contributed by atoms with Gasteiger partial charge in [0.05, 0.1) is 43.8 Å². The number of hydrogen-bond donors (Lipinski definition) is 0. The van der Waals surface area contributed by atoms with Crippen LogP contribution in [-0.2, 0) is 9.31 Å². The molecule has 0 atom stereocenters. The van der Waals surface area contributed by atoms with Crippen LogP contribution in [0.3, 0.4) is 0 Å². The summed E-state index contributed by atoms with van der Waals surface area (Å²) in [4.78, 5) is 12.5. The zero-order chi connectivity index (χ0) is 44.5. The van der Waals surface area contributed by atoms with Crippen molar-refractivity contribution in [2.45, 2.75) is 53.8 Å². The van der Waals surface area contributed by atoms with Gasteiger partial charge in [0, 0.05) is 71.0 Å². The highest BCUT2D eigenvalue weighted by molar-refractivity contribution is 7.28. The van der Waals surface area contributed by atoms with E-state index in [0.29, 0.717) is 5.15 Å². The molecular formula is C58H48BClN4O2S2. The van der Waals surface area contributed by atoms with Crippen molar-refractivity contribution in [3.63, 3.8) is 0 Å². The zero-order valence-corrected chi connectivity index (χ0v) is 38.9. The molecule has 0 bridgehead atoms. The number of fused-ring (bicyclic) bond motifs is 14. The number of nitrogens with zero attached hydrogens (tertiary/aromatic N) is 4. The van der Waals surface area contributed by atoms with E-state index in [1.165, 1.54) is 90.5 Å². The predicted octanol–water partition coefficient (Wildman–Crippen LogP) is 16.5. The second kappa shape index (κ2) is 16.3. The van der Waals surface area contributed by atoms with Crippen molar-refractivity contribution in [3.8, 4) is 10.6 Å². The van der Waals surface area contributed by atoms with E-state index in [-0.39, 0.29) is 33.2 Å². The average molecular weight is 943 g/mol. The Kier molecular flexibility index (Phi) is 10.5. The van der Waals surface area contributed by atoms with Crippen LogP contribution in [0.25, 0.3) is 107 Å². The molecule has 14 aromatic rings. The number of rotatable bonds is 2. The van der Waals surface area contributed by atoms with E-state index in [4.69, 9.17) is 25.9 Å². The summed E-state index contributed by atoms with van der Waals surface area (Å²) in [5.74, 6) is 0. The Hall–Kier alpha value is -6.59. The van der Waals surface area contributed by atoms with E-state index in [1.807, 2.05) is 47.9 Å². The number of hydrogen-bond acceptors (Lipinski definition) is 6. The van der Waals surface area contributed by atoms with Crippen LogP contribution < -0.4 is 4.78 Å². The largest absolute Gasteiger partial charge is 0.505 e. The second-order valence-electron chi connectivity index (χ2n) is 18.1. The Morgan fingerprint density at radius 1 is 0.471 bits per heavy atom. The number of benzene rings is 6. The maximum Gasteiger partial charge on any atom is 0.505 e. The first-order chi connectivity index (χ1) is 32.1. The molecule has 8 aromatic heterocycles. The van der Waals surface area contributed by atoms with Gasteiger partial charge in [0.1, 0.15) is 14.8 Å². The van der Waals surface area contributed by atoms with Crippen molar-refractivity contribution in [1.82, 2.24) is 18.8 Å². The summed E-state index contributed by atoms with van der Waals surface area (Å²) in [7, 11) is -0.310. The van der Waals surface area contributed by atoms with Crippen LogP contribution in [0.2, 0.25) is 5.15 Å². The molecule has 0 amide bonds. The van der Waals surface area contributed by atoms with Crippen LogP contribution >= 0.6 is 34.3 Å². The molecule has 0 spiro atoms. The van der Waals surface area contributed by atoms with Crippen molar-refractivity contribution < 1.29 is 9.31 Å². The summed E-state index contributed by atoms with van der Waals surface area (Å²) in [6.45, 7) is 8.42. The summed E-state index contributed by atoms with van der Waals surface area (Å²) in [5, 5.41) is 15.7. The van der Waals surface area contributed by atoms with Crippen LogP contribution in [0.15, 0.2) is 170 Å². The lowest BCUT2D eigenvalue weighted by Crippen LogP contribution is -2.41. The van der Waals surface area contributed by atoms with Gasteiger partial charge in [-0.25, -0.2) is 4.98 Å². The van der Waals surface area contributed by atoms with E-state index in [0.717, 1.165) is 21.2 Å². The minimum absolute atomic E-state index is 0. The average Bonchev–Trinajstić information content (AvgIpc) is 4.20. The zero-order valence-electron chi connectivity index (χ0n) is 36.5. The van der Waals surface area contributed by atoms with Crippen molar-refractivity contribution in [3.05, 3.63) is 175 Å². The van der Waals surface area contributed by atoms with Gasteiger partial charge in [-0.3, -0.25) is 13.8 Å². The molecule has 1 aliphatic rings. The van der Waals surface area contributed by atoms with E-state index in [2.05, 4.69) is 169 Å². The monoisotopic (exact) mass is 942 g/mol. The van der Waals surface area contributed by atoms with Gasteiger partial charge in [0.15, 0.2) is 0 Å². The standard InChI is InChI=1S/C25H14N2S.C22H20BNO2S.C9H6ClN.2CH4/c1-2-7-16-15(6-1)12-13-26-23(16)22-14-20-19-10-5-9-18-17-8-3-4-11-21(17)27(24(18)19)25(20)28-22;1-21(2)22(3,4)26-23(25-21)18-12-16-15-10-7-9-14-13-8-5-6-11-17(13)24(19(14)15)20(16)27-18;10-9-8-4-2-1-3-7(8)5-6-11-9;;/h1-14H;5-12H,1-4H3;1-6H;2*1H4. The maximum atomic E-state index is 6.30. The molecule has 1 saturated heterocycles. The van der Waals surface area contributed by atoms with Gasteiger partial charge < -0.3 is 9.31 Å². The lowest BCUT2D eigenvalue weighted by molar-refractivity contribution is 0.00578. The molecule has 15 rings (SSSR count). The van der Waals surface area contributed by atoms with Gasteiger partial charge in [0.25, 0.3) is 0 Å². The molecule has 68 heavy (non-hydrogen) atoms. The number of para-hydroxylation sites is 4. The van der Waals surface area contributed by atoms with Gasteiger partial charge >= 0.3 is 7.12 Å². The lowest BCUT2D eigenvalue weighted by Gasteiger charge is -2.32. The van der Waals surface area contributed by atoms with Crippen molar-refractivity contribution >= 4 is 143 Å². The summed E-state index contributed by atoms with van der Waals surface area (Å²) in [6, 6.07) is 55.7. The molecule has 0 saturated carbocycles. The van der Waals surface area contributed by atoms with E-state index < -0.39 is 0 Å². The highest BCUT2D eigenvalue weighted by Gasteiger charge is 2.52. The van der Waals surface area contributed by atoms with Crippen molar-refractivity contribution in [2.24, 2.45) is 0 Å². The predicted molar refractivity (Wildman–Crippen MR) is 295 cm³/mol. The molecule has 0 aliphatic carbocycles. The number of halogens is 1. The molecule has 10 heteroatoms. The first kappa shape index (κ1) is 44.0. The Morgan fingerprint density at radius 3 is 1.49 bits per heavy atom. The summed E-state index contributed by atoms with van der Waals surface area (Å²) in [6.07, 6.45) is 3.63. The summed E-state index contributed by atoms with van der Waals surface area (Å²) < 4.78 is 18.6. The molecular weight excluding hydrogens is 895 g/mol. The third kappa shape index (κ3) is 6.51. The highest BCUT2D eigenvalue weighted by atomic mass is 35.5. The Bertz CT molecular complexity index is 4160. The molecule has 6 nitrogen and oxygen atoms in total. The number of pyridine rings is 2. The normalized spacial score (nSPS) is 14.4. The molecule has 334 valence electrons. The minimum Gasteiger partial charge on any atom is -0.399 e. The second-order valence-corrected chi connectivity index (χ2v) is 20.5. The quantitative estimate of drug-likeness (QED) is 0.128. The van der Waals surface area contributed by atoms with Gasteiger partial charge in [0.2, 0.25) is 0 Å². The molecule has 1 aliphatic heterocycles. The summed E-state index contributed by atoms with van der Waals surface area (Å²) in [5.41, 5.74) is 5.63. The van der Waals surface area contributed by atoms with Crippen LogP contribution in [-0.4, -0.2) is 37.1 Å². The first-order valence-electron chi connectivity index (χ1n) is 22.2. The fourth-order valence-corrected chi connectivity index (χ4v) is 12.6. The van der Waals surface area contributed by atoms with E-state index in [1.54, 1.807) is 17.5 Å². The fourth-order valence-electron chi connectivity index (χ4n) is 9.98. The van der Waals surface area contributed by atoms with E-state index >= 15 is 0 Å².